The van der Waals surface area contributed by atoms with Gasteiger partial charge in [-0.1, -0.05) is 0 Å². The Kier molecular flexibility index (Phi) is 4.53. The summed E-state index contributed by atoms with van der Waals surface area (Å²) < 4.78 is 66.4. The van der Waals surface area contributed by atoms with Crippen molar-refractivity contribution in [3.8, 4) is 11.3 Å². The maximum Gasteiger partial charge on any atom is 0.266 e. The quantitative estimate of drug-likeness (QED) is 0.728. The molecule has 1 N–H and O–H groups in total. The number of nitrogens with one attached hydrogen (secondary N) is 1. The predicted molar refractivity (Wildman–Crippen MR) is 89.4 cm³/mol. The molecule has 3 aromatic rings. The number of benzene rings is 2. The van der Waals surface area contributed by atoms with Crippen LogP contribution in [0, 0.1) is 24.4 Å². The lowest BCUT2D eigenvalue weighted by Crippen LogP contribution is -2.14. The Morgan fingerprint density at radius 1 is 1.00 bits per heavy atom. The fourth-order valence-corrected chi connectivity index (χ4v) is 4.31. The molecular weight excluding hydrogens is 373 g/mol. The van der Waals surface area contributed by atoms with Crippen molar-refractivity contribution in [1.29, 1.82) is 0 Å². The standard InChI is InChI=1S/C16H11F3N2O2S2/c1-9-15(10-2-4-11(17)5-3-10)20-16(24-9)21-25(22,23)14-7-6-12(18)8-13(14)19/h2-8H,1H3,(H,20,21). The van der Waals surface area contributed by atoms with Gasteiger partial charge in [0, 0.05) is 16.5 Å². The summed E-state index contributed by atoms with van der Waals surface area (Å²) in [6.07, 6.45) is 0. The second-order valence-corrected chi connectivity index (χ2v) is 7.96. The molecule has 0 unspecified atom stereocenters. The van der Waals surface area contributed by atoms with Crippen LogP contribution in [0.2, 0.25) is 0 Å². The van der Waals surface area contributed by atoms with Crippen LogP contribution < -0.4 is 4.72 Å². The molecule has 0 amide bonds. The van der Waals surface area contributed by atoms with Crippen LogP contribution in [0.15, 0.2) is 47.4 Å². The van der Waals surface area contributed by atoms with E-state index < -0.39 is 32.4 Å². The molecule has 0 bridgehead atoms. The van der Waals surface area contributed by atoms with Crippen LogP contribution in [0.5, 0.6) is 0 Å². The fraction of sp³-hybridized carbons (Fsp3) is 0.0625. The van der Waals surface area contributed by atoms with E-state index in [1.165, 1.54) is 24.3 Å². The molecule has 130 valence electrons. The molecule has 0 aliphatic rings. The van der Waals surface area contributed by atoms with Gasteiger partial charge in [-0.15, -0.1) is 11.3 Å². The summed E-state index contributed by atoms with van der Waals surface area (Å²) in [5.41, 5.74) is 1.11. The first-order chi connectivity index (χ1) is 11.8. The van der Waals surface area contributed by atoms with Crippen molar-refractivity contribution in [2.24, 2.45) is 0 Å². The summed E-state index contributed by atoms with van der Waals surface area (Å²) >= 11 is 1.05. The zero-order valence-electron chi connectivity index (χ0n) is 12.8. The minimum absolute atomic E-state index is 0.0283. The van der Waals surface area contributed by atoms with Gasteiger partial charge in [-0.25, -0.2) is 26.6 Å². The summed E-state index contributed by atoms with van der Waals surface area (Å²) in [7, 11) is -4.26. The van der Waals surface area contributed by atoms with Crippen LogP contribution in [0.3, 0.4) is 0 Å². The number of sulfonamides is 1. The van der Waals surface area contributed by atoms with Gasteiger partial charge in [-0.3, -0.25) is 4.72 Å². The Balaban J connectivity index is 1.93. The highest BCUT2D eigenvalue weighted by atomic mass is 32.2. The third kappa shape index (κ3) is 3.67. The van der Waals surface area contributed by atoms with Crippen LogP contribution in [-0.4, -0.2) is 13.4 Å². The van der Waals surface area contributed by atoms with Gasteiger partial charge < -0.3 is 0 Å². The molecule has 9 heteroatoms. The lowest BCUT2D eigenvalue weighted by molar-refractivity contribution is 0.551. The van der Waals surface area contributed by atoms with Gasteiger partial charge in [0.25, 0.3) is 10.0 Å². The first-order valence-corrected chi connectivity index (χ1v) is 9.27. The Morgan fingerprint density at radius 2 is 1.64 bits per heavy atom. The number of halogens is 3. The molecule has 0 fully saturated rings. The molecule has 0 aliphatic carbocycles. The summed E-state index contributed by atoms with van der Waals surface area (Å²) in [4.78, 5) is 4.20. The molecule has 2 aromatic carbocycles. The molecule has 0 saturated carbocycles. The van der Waals surface area contributed by atoms with Crippen LogP contribution in [-0.2, 0) is 10.0 Å². The van der Waals surface area contributed by atoms with Crippen molar-refractivity contribution >= 4 is 26.5 Å². The average molecular weight is 384 g/mol. The summed E-state index contributed by atoms with van der Waals surface area (Å²) in [5.74, 6) is -2.47. The van der Waals surface area contributed by atoms with Gasteiger partial charge in [0.2, 0.25) is 0 Å². The zero-order valence-corrected chi connectivity index (χ0v) is 14.4. The Labute approximate surface area is 146 Å². The first-order valence-electron chi connectivity index (χ1n) is 6.97. The van der Waals surface area contributed by atoms with E-state index in [1.807, 2.05) is 0 Å². The highest BCUT2D eigenvalue weighted by Crippen LogP contribution is 2.32. The average Bonchev–Trinajstić information content (AvgIpc) is 2.87. The number of aryl methyl sites for hydroxylation is 1. The van der Waals surface area contributed by atoms with E-state index in [9.17, 15) is 21.6 Å². The monoisotopic (exact) mass is 384 g/mol. The normalized spacial score (nSPS) is 11.5. The molecule has 0 saturated heterocycles. The predicted octanol–water partition coefficient (Wildman–Crippen LogP) is 4.34. The van der Waals surface area contributed by atoms with Crippen LogP contribution >= 0.6 is 11.3 Å². The molecular formula is C16H11F3N2O2S2. The van der Waals surface area contributed by atoms with Crippen molar-refractivity contribution in [2.75, 3.05) is 4.72 Å². The van der Waals surface area contributed by atoms with E-state index >= 15 is 0 Å². The maximum absolute atomic E-state index is 13.7. The number of hydrogen-bond acceptors (Lipinski definition) is 4. The molecule has 0 atom stereocenters. The lowest BCUT2D eigenvalue weighted by atomic mass is 10.1. The van der Waals surface area contributed by atoms with Crippen LogP contribution in [0.1, 0.15) is 4.88 Å². The second-order valence-electron chi connectivity index (χ2n) is 5.11. The minimum atomic E-state index is -4.26. The Hall–Kier alpha value is -2.39. The molecule has 4 nitrogen and oxygen atoms in total. The van der Waals surface area contributed by atoms with Gasteiger partial charge in [0.1, 0.15) is 22.3 Å². The van der Waals surface area contributed by atoms with E-state index in [0.29, 0.717) is 22.2 Å². The van der Waals surface area contributed by atoms with Gasteiger partial charge >= 0.3 is 0 Å². The summed E-state index contributed by atoms with van der Waals surface area (Å²) in [5, 5.41) is 0.0283. The van der Waals surface area contributed by atoms with Crippen molar-refractivity contribution < 1.29 is 21.6 Å². The minimum Gasteiger partial charge on any atom is -0.255 e. The van der Waals surface area contributed by atoms with Crippen LogP contribution in [0.4, 0.5) is 18.3 Å². The number of rotatable bonds is 4. The fourth-order valence-electron chi connectivity index (χ4n) is 2.18. The molecule has 1 aromatic heterocycles. The van der Waals surface area contributed by atoms with E-state index in [2.05, 4.69) is 9.71 Å². The first kappa shape index (κ1) is 17.4. The van der Waals surface area contributed by atoms with Crippen molar-refractivity contribution in [3.63, 3.8) is 0 Å². The number of anilines is 1. The van der Waals surface area contributed by atoms with Gasteiger partial charge in [-0.2, -0.15) is 0 Å². The molecule has 0 aliphatic heterocycles. The molecule has 1 heterocycles. The third-order valence-corrected chi connectivity index (χ3v) is 5.71. The second kappa shape index (κ2) is 6.49. The van der Waals surface area contributed by atoms with E-state index in [4.69, 9.17) is 0 Å². The highest BCUT2D eigenvalue weighted by Gasteiger charge is 2.22. The van der Waals surface area contributed by atoms with Crippen LogP contribution in [0.25, 0.3) is 11.3 Å². The number of thiazole rings is 1. The van der Waals surface area contributed by atoms with Crippen molar-refractivity contribution in [2.45, 2.75) is 11.8 Å². The van der Waals surface area contributed by atoms with E-state index in [1.54, 1.807) is 6.92 Å². The number of nitrogens with zero attached hydrogens (tertiary/aromatic N) is 1. The largest absolute Gasteiger partial charge is 0.266 e. The maximum atomic E-state index is 13.7. The SMILES string of the molecule is Cc1sc(NS(=O)(=O)c2ccc(F)cc2F)nc1-c1ccc(F)cc1. The molecule has 25 heavy (non-hydrogen) atoms. The highest BCUT2D eigenvalue weighted by molar-refractivity contribution is 7.93. The van der Waals surface area contributed by atoms with Gasteiger partial charge in [-0.05, 0) is 43.3 Å². The number of aromatic nitrogens is 1. The van der Waals surface area contributed by atoms with Gasteiger partial charge in [0.15, 0.2) is 5.13 Å². The topological polar surface area (TPSA) is 59.1 Å². The molecule has 0 spiro atoms. The van der Waals surface area contributed by atoms with E-state index in [-0.39, 0.29) is 5.13 Å². The Bertz CT molecular complexity index is 1030. The Morgan fingerprint density at radius 3 is 2.28 bits per heavy atom. The summed E-state index contributed by atoms with van der Waals surface area (Å²) in [6, 6.07) is 7.77. The lowest BCUT2D eigenvalue weighted by Gasteiger charge is -2.06. The third-order valence-electron chi connectivity index (χ3n) is 3.32. The summed E-state index contributed by atoms with van der Waals surface area (Å²) in [6.45, 7) is 1.73. The smallest absolute Gasteiger partial charge is 0.255 e. The number of hydrogen-bond donors (Lipinski definition) is 1. The van der Waals surface area contributed by atoms with Gasteiger partial charge in [0.05, 0.1) is 5.69 Å². The van der Waals surface area contributed by atoms with Crippen molar-refractivity contribution in [3.05, 3.63) is 64.8 Å². The zero-order chi connectivity index (χ0) is 18.2. The molecule has 3 rings (SSSR count). The van der Waals surface area contributed by atoms with Crippen molar-refractivity contribution in [1.82, 2.24) is 4.98 Å². The molecule has 0 radical (unpaired) electrons. The van der Waals surface area contributed by atoms with E-state index in [0.717, 1.165) is 23.5 Å².